The molecule has 0 aliphatic rings. The van der Waals surface area contributed by atoms with E-state index in [-0.39, 0.29) is 22.5 Å². The Bertz CT molecular complexity index is 1220. The molecule has 0 bridgehead atoms. The number of ether oxygens (including phenoxy) is 1. The summed E-state index contributed by atoms with van der Waals surface area (Å²) in [5.74, 6) is 0.420. The highest BCUT2D eigenvalue weighted by atomic mass is 35.5. The summed E-state index contributed by atoms with van der Waals surface area (Å²) in [5, 5.41) is 3.42. The Labute approximate surface area is 193 Å². The maximum absolute atomic E-state index is 12.8. The van der Waals surface area contributed by atoms with Crippen LogP contribution in [0.25, 0.3) is 0 Å². The highest BCUT2D eigenvalue weighted by Gasteiger charge is 2.21. The second-order valence-electron chi connectivity index (χ2n) is 7.53. The van der Waals surface area contributed by atoms with Crippen molar-refractivity contribution in [2.24, 2.45) is 0 Å². The van der Waals surface area contributed by atoms with Crippen molar-refractivity contribution in [2.45, 2.75) is 31.6 Å². The van der Waals surface area contributed by atoms with Crippen LogP contribution in [0.2, 0.25) is 5.02 Å². The third-order valence-electron chi connectivity index (χ3n) is 4.88. The molecule has 168 valence electrons. The fourth-order valence-electron chi connectivity index (χ4n) is 3.06. The minimum atomic E-state index is -4.05. The zero-order chi connectivity index (χ0) is 23.5. The van der Waals surface area contributed by atoms with E-state index in [2.05, 4.69) is 5.32 Å². The predicted octanol–water partition coefficient (Wildman–Crippen LogP) is 5.80. The minimum absolute atomic E-state index is 0.0192. The van der Waals surface area contributed by atoms with E-state index < -0.39 is 10.1 Å². The van der Waals surface area contributed by atoms with Gasteiger partial charge in [-0.3, -0.25) is 4.79 Å². The van der Waals surface area contributed by atoms with Gasteiger partial charge >= 0.3 is 10.1 Å². The summed E-state index contributed by atoms with van der Waals surface area (Å²) in [6.45, 7) is 5.61. The monoisotopic (exact) mass is 473 g/mol. The van der Waals surface area contributed by atoms with Gasteiger partial charge in [-0.1, -0.05) is 25.4 Å². The van der Waals surface area contributed by atoms with E-state index in [1.165, 1.54) is 19.2 Å². The smallest absolute Gasteiger partial charge is 0.339 e. The fourth-order valence-corrected chi connectivity index (χ4v) is 4.13. The van der Waals surface area contributed by atoms with Crippen LogP contribution in [0.4, 0.5) is 5.69 Å². The van der Waals surface area contributed by atoms with Crippen LogP contribution in [0.3, 0.4) is 0 Å². The highest BCUT2D eigenvalue weighted by molar-refractivity contribution is 7.87. The molecular formula is C24H24ClNO5S. The molecule has 3 aromatic carbocycles. The molecule has 0 aromatic heterocycles. The van der Waals surface area contributed by atoms with Gasteiger partial charge in [0, 0.05) is 21.8 Å². The highest BCUT2D eigenvalue weighted by Crippen LogP contribution is 2.34. The first-order valence-corrected chi connectivity index (χ1v) is 11.7. The lowest BCUT2D eigenvalue weighted by molar-refractivity contribution is 0.102. The standard InChI is InChI=1S/C24H24ClNO5S/c1-15(2)21-14-22(26-24(27)17-5-7-18(25)8-6-17)16(3)13-23(21)31-32(28,29)20-11-9-19(30-4)10-12-20/h5-15H,1-4H3,(H,26,27). The molecule has 1 N–H and O–H groups in total. The lowest BCUT2D eigenvalue weighted by atomic mass is 9.99. The van der Waals surface area contributed by atoms with E-state index in [1.807, 2.05) is 13.8 Å². The van der Waals surface area contributed by atoms with Gasteiger partial charge in [0.25, 0.3) is 5.91 Å². The Morgan fingerprint density at radius 2 is 1.62 bits per heavy atom. The SMILES string of the molecule is COc1ccc(S(=O)(=O)Oc2cc(C)c(NC(=O)c3ccc(Cl)cc3)cc2C(C)C)cc1. The summed E-state index contributed by atoms with van der Waals surface area (Å²) < 4.78 is 36.2. The number of carbonyl (C=O) groups is 1. The third-order valence-corrected chi connectivity index (χ3v) is 6.38. The molecule has 0 fully saturated rings. The van der Waals surface area contributed by atoms with Gasteiger partial charge in [0.2, 0.25) is 0 Å². The van der Waals surface area contributed by atoms with Crippen LogP contribution in [0.15, 0.2) is 65.6 Å². The first-order chi connectivity index (χ1) is 15.1. The van der Waals surface area contributed by atoms with Crippen molar-refractivity contribution in [1.82, 2.24) is 0 Å². The van der Waals surface area contributed by atoms with Gasteiger partial charge in [-0.15, -0.1) is 0 Å². The van der Waals surface area contributed by atoms with E-state index in [0.717, 1.165) is 0 Å². The average molecular weight is 474 g/mol. The lowest BCUT2D eigenvalue weighted by Gasteiger charge is -2.18. The van der Waals surface area contributed by atoms with Crippen molar-refractivity contribution in [2.75, 3.05) is 12.4 Å². The molecular weight excluding hydrogens is 450 g/mol. The van der Waals surface area contributed by atoms with Gasteiger partial charge in [0.15, 0.2) is 0 Å². The molecule has 3 rings (SSSR count). The Balaban J connectivity index is 1.91. The average Bonchev–Trinajstić information content (AvgIpc) is 2.75. The van der Waals surface area contributed by atoms with Crippen LogP contribution in [-0.2, 0) is 10.1 Å². The summed E-state index contributed by atoms with van der Waals surface area (Å²) in [7, 11) is -2.54. The topological polar surface area (TPSA) is 81.7 Å². The molecule has 0 heterocycles. The summed E-state index contributed by atoms with van der Waals surface area (Å²) in [6, 6.07) is 15.9. The van der Waals surface area contributed by atoms with Gasteiger partial charge in [0.1, 0.15) is 16.4 Å². The Morgan fingerprint density at radius 1 is 1.00 bits per heavy atom. The number of amides is 1. The molecule has 32 heavy (non-hydrogen) atoms. The number of anilines is 1. The van der Waals surface area contributed by atoms with Crippen LogP contribution in [0.1, 0.15) is 41.3 Å². The number of aryl methyl sites for hydroxylation is 1. The molecule has 0 atom stereocenters. The first-order valence-electron chi connectivity index (χ1n) is 9.90. The molecule has 0 radical (unpaired) electrons. The second-order valence-corrected chi connectivity index (χ2v) is 9.52. The van der Waals surface area contributed by atoms with Crippen LogP contribution in [0, 0.1) is 6.92 Å². The van der Waals surface area contributed by atoms with Crippen molar-refractivity contribution >= 4 is 33.3 Å². The van der Waals surface area contributed by atoms with E-state index >= 15 is 0 Å². The number of methoxy groups -OCH3 is 1. The quantitative estimate of drug-likeness (QED) is 0.438. The summed E-state index contributed by atoms with van der Waals surface area (Å²) >= 11 is 5.89. The Morgan fingerprint density at radius 3 is 2.19 bits per heavy atom. The van der Waals surface area contributed by atoms with Crippen molar-refractivity contribution in [3.8, 4) is 11.5 Å². The Hall–Kier alpha value is -3.03. The number of rotatable bonds is 7. The van der Waals surface area contributed by atoms with Crippen molar-refractivity contribution in [3.63, 3.8) is 0 Å². The number of hydrogen-bond donors (Lipinski definition) is 1. The van der Waals surface area contributed by atoms with E-state index in [9.17, 15) is 13.2 Å². The number of hydrogen-bond acceptors (Lipinski definition) is 5. The maximum atomic E-state index is 12.8. The van der Waals surface area contributed by atoms with Crippen LogP contribution < -0.4 is 14.2 Å². The summed E-state index contributed by atoms with van der Waals surface area (Å²) in [4.78, 5) is 12.6. The van der Waals surface area contributed by atoms with Crippen LogP contribution in [-0.4, -0.2) is 21.4 Å². The van der Waals surface area contributed by atoms with Crippen molar-refractivity contribution in [3.05, 3.63) is 82.4 Å². The molecule has 0 saturated heterocycles. The molecule has 3 aromatic rings. The van der Waals surface area contributed by atoms with Gasteiger partial charge in [-0.2, -0.15) is 8.42 Å². The van der Waals surface area contributed by atoms with Crippen LogP contribution >= 0.6 is 11.6 Å². The molecule has 0 spiro atoms. The predicted molar refractivity (Wildman–Crippen MR) is 125 cm³/mol. The largest absolute Gasteiger partial charge is 0.497 e. The second kappa shape index (κ2) is 9.63. The van der Waals surface area contributed by atoms with E-state index in [0.29, 0.717) is 33.1 Å². The van der Waals surface area contributed by atoms with E-state index in [4.69, 9.17) is 20.5 Å². The van der Waals surface area contributed by atoms with Crippen LogP contribution in [0.5, 0.6) is 11.5 Å². The number of nitrogens with one attached hydrogen (secondary N) is 1. The molecule has 0 saturated carbocycles. The minimum Gasteiger partial charge on any atom is -0.497 e. The fraction of sp³-hybridized carbons (Fsp3) is 0.208. The zero-order valence-corrected chi connectivity index (χ0v) is 19.8. The van der Waals surface area contributed by atoms with Gasteiger partial charge in [-0.05, 0) is 79.1 Å². The normalized spacial score (nSPS) is 11.3. The number of carbonyl (C=O) groups excluding carboxylic acids is 1. The lowest BCUT2D eigenvalue weighted by Crippen LogP contribution is -2.15. The Kier molecular flexibility index (Phi) is 7.11. The molecule has 8 heteroatoms. The summed E-state index contributed by atoms with van der Waals surface area (Å²) in [5.41, 5.74) is 2.35. The van der Waals surface area contributed by atoms with Crippen molar-refractivity contribution < 1.29 is 22.1 Å². The molecule has 0 aliphatic heterocycles. The first kappa shape index (κ1) is 23.6. The molecule has 0 unspecified atom stereocenters. The van der Waals surface area contributed by atoms with E-state index in [1.54, 1.807) is 55.5 Å². The third kappa shape index (κ3) is 5.41. The van der Waals surface area contributed by atoms with Gasteiger partial charge < -0.3 is 14.2 Å². The number of benzene rings is 3. The maximum Gasteiger partial charge on any atom is 0.339 e. The molecule has 1 amide bonds. The van der Waals surface area contributed by atoms with Gasteiger partial charge in [0.05, 0.1) is 7.11 Å². The zero-order valence-electron chi connectivity index (χ0n) is 18.2. The molecule has 0 aliphatic carbocycles. The van der Waals surface area contributed by atoms with Crippen molar-refractivity contribution in [1.29, 1.82) is 0 Å². The number of halogens is 1. The van der Waals surface area contributed by atoms with Gasteiger partial charge in [-0.25, -0.2) is 0 Å². The molecule has 6 nitrogen and oxygen atoms in total. The summed E-state index contributed by atoms with van der Waals surface area (Å²) in [6.07, 6.45) is 0.